The number of nitrogens with zero attached hydrogens (tertiary/aromatic N) is 2. The van der Waals surface area contributed by atoms with Gasteiger partial charge in [-0.3, -0.25) is 4.68 Å². The Hall–Kier alpha value is -2.52. The van der Waals surface area contributed by atoms with Gasteiger partial charge in [-0.15, -0.1) is 0 Å². The lowest BCUT2D eigenvalue weighted by Crippen LogP contribution is -2.26. The molecule has 7 nitrogen and oxygen atoms in total. The van der Waals surface area contributed by atoms with Crippen LogP contribution in [0.5, 0.6) is 0 Å². The van der Waals surface area contributed by atoms with Crippen molar-refractivity contribution in [3.05, 3.63) is 41.1 Å². The Morgan fingerprint density at radius 3 is 2.54 bits per heavy atom. The number of carbonyl (C=O) groups is 1. The molecule has 2 aromatic rings. The van der Waals surface area contributed by atoms with Crippen molar-refractivity contribution in [2.24, 2.45) is 7.05 Å². The number of halogens is 2. The van der Waals surface area contributed by atoms with Crippen LogP contribution in [-0.4, -0.2) is 40.5 Å². The van der Waals surface area contributed by atoms with E-state index in [-0.39, 0.29) is 6.42 Å². The lowest BCUT2D eigenvalue weighted by molar-refractivity contribution is -0.0400. The van der Waals surface area contributed by atoms with Gasteiger partial charge in [0.25, 0.3) is 0 Å². The second kappa shape index (κ2) is 7.38. The molecule has 1 aliphatic heterocycles. The van der Waals surface area contributed by atoms with Crippen LogP contribution in [0.1, 0.15) is 24.2 Å². The Bertz CT molecular complexity index is 798. The Morgan fingerprint density at radius 2 is 1.96 bits per heavy atom. The van der Waals surface area contributed by atoms with Crippen molar-refractivity contribution in [1.29, 1.82) is 0 Å². The highest BCUT2D eigenvalue weighted by Gasteiger charge is 2.27. The molecule has 1 fully saturated rings. The topological polar surface area (TPSA) is 85.6 Å². The lowest BCUT2D eigenvalue weighted by atomic mass is 9.99. The number of rotatable bonds is 5. The summed E-state index contributed by atoms with van der Waals surface area (Å²) in [5, 5.41) is 15.7. The first-order valence-corrected chi connectivity index (χ1v) is 8.10. The van der Waals surface area contributed by atoms with Crippen molar-refractivity contribution in [2.45, 2.75) is 25.7 Å². The molecule has 0 radical (unpaired) electrons. The number of benzene rings is 1. The van der Waals surface area contributed by atoms with Gasteiger partial charge in [0.15, 0.2) is 6.29 Å². The van der Waals surface area contributed by atoms with Crippen molar-refractivity contribution < 1.29 is 28.2 Å². The SMILES string of the molecule is C[C@H](NC(=O)O)c1nn(C)c(-c2cc(F)cc(F)c2)c1CC1OCCO1. The number of amides is 1. The summed E-state index contributed by atoms with van der Waals surface area (Å²) in [6.07, 6.45) is -1.43. The minimum Gasteiger partial charge on any atom is -0.465 e. The van der Waals surface area contributed by atoms with Crippen molar-refractivity contribution >= 4 is 6.09 Å². The molecule has 0 bridgehead atoms. The van der Waals surface area contributed by atoms with E-state index in [2.05, 4.69) is 10.4 Å². The fourth-order valence-electron chi connectivity index (χ4n) is 3.13. The van der Waals surface area contributed by atoms with Crippen LogP contribution in [0.15, 0.2) is 18.2 Å². The van der Waals surface area contributed by atoms with Gasteiger partial charge in [-0.25, -0.2) is 13.6 Å². The standard InChI is InChI=1S/C17H19F2N3O4/c1-9(20-17(23)24)15-13(8-14-25-3-4-26-14)16(22(2)21-15)10-5-11(18)7-12(19)6-10/h5-7,9,14,20H,3-4,8H2,1-2H3,(H,23,24)/t9-/m0/s1. The minimum absolute atomic E-state index is 0.280. The van der Waals surface area contributed by atoms with E-state index in [1.165, 1.54) is 16.8 Å². The van der Waals surface area contributed by atoms with E-state index in [0.717, 1.165) is 6.07 Å². The largest absolute Gasteiger partial charge is 0.465 e. The van der Waals surface area contributed by atoms with E-state index >= 15 is 0 Å². The smallest absolute Gasteiger partial charge is 0.405 e. The predicted octanol–water partition coefficient (Wildman–Crippen LogP) is 2.61. The van der Waals surface area contributed by atoms with E-state index in [9.17, 15) is 13.6 Å². The van der Waals surface area contributed by atoms with Gasteiger partial charge >= 0.3 is 6.09 Å². The third-order valence-electron chi connectivity index (χ3n) is 4.12. The molecule has 3 rings (SSSR count). The maximum atomic E-state index is 13.7. The molecule has 0 unspecified atom stereocenters. The van der Waals surface area contributed by atoms with Crippen molar-refractivity contribution in [2.75, 3.05) is 13.2 Å². The van der Waals surface area contributed by atoms with E-state index < -0.39 is 30.1 Å². The van der Waals surface area contributed by atoms with E-state index in [0.29, 0.717) is 35.7 Å². The number of carboxylic acid groups (broad SMARTS) is 1. The zero-order valence-electron chi connectivity index (χ0n) is 14.3. The highest BCUT2D eigenvalue weighted by atomic mass is 19.1. The molecule has 9 heteroatoms. The number of aromatic nitrogens is 2. The predicted molar refractivity (Wildman–Crippen MR) is 87.5 cm³/mol. The van der Waals surface area contributed by atoms with Gasteiger partial charge in [0.1, 0.15) is 11.6 Å². The summed E-state index contributed by atoms with van der Waals surface area (Å²) in [4.78, 5) is 11.0. The normalized spacial score (nSPS) is 16.0. The maximum absolute atomic E-state index is 13.7. The van der Waals surface area contributed by atoms with E-state index in [1.54, 1.807) is 14.0 Å². The first kappa shape index (κ1) is 18.3. The van der Waals surface area contributed by atoms with Crippen molar-refractivity contribution in [3.8, 4) is 11.3 Å². The molecule has 140 valence electrons. The van der Waals surface area contributed by atoms with E-state index in [1.807, 2.05) is 0 Å². The third-order valence-corrected chi connectivity index (χ3v) is 4.12. The Labute approximate surface area is 148 Å². The summed E-state index contributed by atoms with van der Waals surface area (Å²) in [5.74, 6) is -1.42. The van der Waals surface area contributed by atoms with Gasteiger partial charge < -0.3 is 19.9 Å². The highest BCUT2D eigenvalue weighted by Crippen LogP contribution is 2.32. The summed E-state index contributed by atoms with van der Waals surface area (Å²) in [6, 6.07) is 2.58. The summed E-state index contributed by atoms with van der Waals surface area (Å²) < 4.78 is 39.9. The van der Waals surface area contributed by atoms with Crippen molar-refractivity contribution in [3.63, 3.8) is 0 Å². The zero-order valence-corrected chi connectivity index (χ0v) is 14.3. The van der Waals surface area contributed by atoms with Crippen molar-refractivity contribution in [1.82, 2.24) is 15.1 Å². The highest BCUT2D eigenvalue weighted by molar-refractivity contribution is 5.67. The fourth-order valence-corrected chi connectivity index (χ4v) is 3.13. The Balaban J connectivity index is 2.09. The van der Waals surface area contributed by atoms with Gasteiger partial charge in [0.05, 0.1) is 30.6 Å². The quantitative estimate of drug-likeness (QED) is 0.849. The zero-order chi connectivity index (χ0) is 18.8. The van der Waals surface area contributed by atoms with Crippen LogP contribution in [0, 0.1) is 11.6 Å². The maximum Gasteiger partial charge on any atom is 0.405 e. The molecule has 26 heavy (non-hydrogen) atoms. The summed E-state index contributed by atoms with van der Waals surface area (Å²) in [7, 11) is 1.63. The molecule has 0 spiro atoms. The average Bonchev–Trinajstić information content (AvgIpc) is 3.14. The van der Waals surface area contributed by atoms with Crippen LogP contribution in [0.2, 0.25) is 0 Å². The van der Waals surface area contributed by atoms with E-state index in [4.69, 9.17) is 14.6 Å². The molecule has 1 amide bonds. The molecule has 0 aliphatic carbocycles. The lowest BCUT2D eigenvalue weighted by Gasteiger charge is -2.15. The minimum atomic E-state index is -1.19. The number of hydrogen-bond acceptors (Lipinski definition) is 4. The van der Waals surface area contributed by atoms with Gasteiger partial charge in [0, 0.05) is 30.7 Å². The van der Waals surface area contributed by atoms with Crippen LogP contribution in [-0.2, 0) is 22.9 Å². The van der Waals surface area contributed by atoms with Gasteiger partial charge in [-0.1, -0.05) is 0 Å². The molecule has 1 aromatic heterocycles. The number of hydrogen-bond donors (Lipinski definition) is 2. The van der Waals surface area contributed by atoms with Crippen LogP contribution in [0.4, 0.5) is 13.6 Å². The molecular weight excluding hydrogens is 348 g/mol. The monoisotopic (exact) mass is 367 g/mol. The average molecular weight is 367 g/mol. The number of ether oxygens (including phenoxy) is 2. The van der Waals surface area contributed by atoms with Gasteiger partial charge in [-0.05, 0) is 19.1 Å². The number of nitrogens with one attached hydrogen (secondary N) is 1. The van der Waals surface area contributed by atoms with Gasteiger partial charge in [0.2, 0.25) is 0 Å². The van der Waals surface area contributed by atoms with Gasteiger partial charge in [-0.2, -0.15) is 5.10 Å². The van der Waals surface area contributed by atoms with Crippen LogP contribution >= 0.6 is 0 Å². The fraction of sp³-hybridized carbons (Fsp3) is 0.412. The molecule has 1 atom stereocenters. The number of aryl methyl sites for hydroxylation is 1. The second-order valence-corrected chi connectivity index (χ2v) is 6.04. The molecule has 0 saturated carbocycles. The molecular formula is C17H19F2N3O4. The summed E-state index contributed by atoms with van der Waals surface area (Å²) >= 11 is 0. The van der Waals surface area contributed by atoms with Crippen LogP contribution in [0.3, 0.4) is 0 Å². The first-order valence-electron chi connectivity index (χ1n) is 8.10. The Morgan fingerprint density at radius 1 is 1.35 bits per heavy atom. The van der Waals surface area contributed by atoms with Crippen LogP contribution in [0.25, 0.3) is 11.3 Å². The second-order valence-electron chi connectivity index (χ2n) is 6.04. The molecule has 1 aromatic carbocycles. The molecule has 1 saturated heterocycles. The molecule has 1 aliphatic rings. The molecule has 2 N–H and O–H groups in total. The first-order chi connectivity index (χ1) is 12.3. The Kier molecular flexibility index (Phi) is 5.19. The summed E-state index contributed by atoms with van der Waals surface area (Å²) in [6.45, 7) is 2.55. The summed E-state index contributed by atoms with van der Waals surface area (Å²) in [5.41, 5.74) is 1.86. The third kappa shape index (κ3) is 3.83. The van der Waals surface area contributed by atoms with Crippen LogP contribution < -0.4 is 5.32 Å². The molecule has 2 heterocycles.